The number of pyridine rings is 1. The number of nitrogens with zero attached hydrogens (tertiary/aromatic N) is 2. The number of methoxy groups -OCH3 is 1. The van der Waals surface area contributed by atoms with Crippen LogP contribution in [-0.4, -0.2) is 24.0 Å². The maximum atomic E-state index is 5.94. The summed E-state index contributed by atoms with van der Waals surface area (Å²) in [5.74, 6) is 1.54. The molecule has 0 amide bonds. The van der Waals surface area contributed by atoms with Crippen LogP contribution in [0.4, 0.5) is 0 Å². The fourth-order valence-corrected chi connectivity index (χ4v) is 4.80. The van der Waals surface area contributed by atoms with Crippen molar-refractivity contribution in [1.29, 1.82) is 0 Å². The highest BCUT2D eigenvalue weighted by molar-refractivity contribution is 5.70. The van der Waals surface area contributed by atoms with Gasteiger partial charge in [-0.1, -0.05) is 76.2 Å². The highest BCUT2D eigenvalue weighted by Gasteiger charge is 2.22. The van der Waals surface area contributed by atoms with Gasteiger partial charge in [0, 0.05) is 35.5 Å². The van der Waals surface area contributed by atoms with Crippen molar-refractivity contribution in [2.75, 3.05) is 14.2 Å². The molecular formula is C30H40N2O. The molecule has 1 aromatic heterocycles. The van der Waals surface area contributed by atoms with Crippen molar-refractivity contribution in [2.45, 2.75) is 66.5 Å². The molecule has 1 unspecified atom stereocenters. The summed E-state index contributed by atoms with van der Waals surface area (Å²) in [5.41, 5.74) is 8.54. The SMILES string of the molecule is CCc1cccc(CC)c1-c1cc(OC)c(CN(C)C(CC(C)C)c2ccccc2)c(C)n1. The van der Waals surface area contributed by atoms with Gasteiger partial charge >= 0.3 is 0 Å². The predicted molar refractivity (Wildman–Crippen MR) is 140 cm³/mol. The van der Waals surface area contributed by atoms with Gasteiger partial charge in [0.25, 0.3) is 0 Å². The lowest BCUT2D eigenvalue weighted by Gasteiger charge is -2.31. The van der Waals surface area contributed by atoms with Crippen molar-refractivity contribution in [1.82, 2.24) is 9.88 Å². The van der Waals surface area contributed by atoms with Crippen LogP contribution in [0.2, 0.25) is 0 Å². The molecule has 0 saturated heterocycles. The molecule has 3 rings (SSSR count). The summed E-state index contributed by atoms with van der Waals surface area (Å²) in [5, 5.41) is 0. The predicted octanol–water partition coefficient (Wildman–Crippen LogP) is 7.41. The number of hydrogen-bond donors (Lipinski definition) is 0. The van der Waals surface area contributed by atoms with E-state index in [0.29, 0.717) is 12.0 Å². The van der Waals surface area contributed by atoms with Gasteiger partial charge in [0.05, 0.1) is 12.8 Å². The van der Waals surface area contributed by atoms with Gasteiger partial charge in [-0.05, 0) is 55.8 Å². The molecule has 2 aromatic carbocycles. The van der Waals surface area contributed by atoms with Gasteiger partial charge < -0.3 is 4.74 Å². The Morgan fingerprint density at radius 2 is 1.58 bits per heavy atom. The Morgan fingerprint density at radius 3 is 2.12 bits per heavy atom. The second kappa shape index (κ2) is 11.5. The topological polar surface area (TPSA) is 25.4 Å². The van der Waals surface area contributed by atoms with Crippen LogP contribution in [0, 0.1) is 12.8 Å². The van der Waals surface area contributed by atoms with Crippen LogP contribution < -0.4 is 4.74 Å². The Kier molecular flexibility index (Phi) is 8.68. The second-order valence-corrected chi connectivity index (χ2v) is 9.40. The molecule has 1 heterocycles. The molecule has 0 spiro atoms. The fraction of sp³-hybridized carbons (Fsp3) is 0.433. The van der Waals surface area contributed by atoms with Crippen molar-refractivity contribution in [3.63, 3.8) is 0 Å². The number of aryl methyl sites for hydroxylation is 3. The maximum absolute atomic E-state index is 5.94. The Morgan fingerprint density at radius 1 is 0.939 bits per heavy atom. The van der Waals surface area contributed by atoms with Crippen molar-refractivity contribution in [3.05, 3.63) is 82.5 Å². The summed E-state index contributed by atoms with van der Waals surface area (Å²) in [6.07, 6.45) is 3.09. The molecule has 0 aliphatic heterocycles. The van der Waals surface area contributed by atoms with Crippen LogP contribution >= 0.6 is 0 Å². The molecule has 0 aliphatic carbocycles. The van der Waals surface area contributed by atoms with Crippen molar-refractivity contribution < 1.29 is 4.74 Å². The van der Waals surface area contributed by atoms with Crippen molar-refractivity contribution in [3.8, 4) is 17.0 Å². The number of ether oxygens (including phenoxy) is 1. The highest BCUT2D eigenvalue weighted by atomic mass is 16.5. The number of hydrogen-bond acceptors (Lipinski definition) is 3. The lowest BCUT2D eigenvalue weighted by Crippen LogP contribution is -2.26. The average molecular weight is 445 g/mol. The van der Waals surface area contributed by atoms with Crippen LogP contribution in [0.1, 0.15) is 68.1 Å². The van der Waals surface area contributed by atoms with Crippen molar-refractivity contribution in [2.24, 2.45) is 5.92 Å². The van der Waals surface area contributed by atoms with E-state index in [4.69, 9.17) is 9.72 Å². The maximum Gasteiger partial charge on any atom is 0.127 e. The third-order valence-corrected chi connectivity index (χ3v) is 6.58. The van der Waals surface area contributed by atoms with E-state index >= 15 is 0 Å². The number of rotatable bonds is 10. The third kappa shape index (κ3) is 5.83. The molecular weight excluding hydrogens is 404 g/mol. The summed E-state index contributed by atoms with van der Waals surface area (Å²) >= 11 is 0. The van der Waals surface area contributed by atoms with Gasteiger partial charge in [-0.2, -0.15) is 0 Å². The minimum atomic E-state index is 0.350. The third-order valence-electron chi connectivity index (χ3n) is 6.58. The summed E-state index contributed by atoms with van der Waals surface area (Å²) in [6.45, 7) is 11.9. The van der Waals surface area contributed by atoms with Gasteiger partial charge in [0.2, 0.25) is 0 Å². The Labute approximate surface area is 200 Å². The molecule has 0 N–H and O–H groups in total. The largest absolute Gasteiger partial charge is 0.496 e. The summed E-state index contributed by atoms with van der Waals surface area (Å²) in [7, 11) is 3.99. The van der Waals surface area contributed by atoms with Crippen LogP contribution in [0.25, 0.3) is 11.3 Å². The Hall–Kier alpha value is -2.65. The van der Waals surface area contributed by atoms with E-state index in [-0.39, 0.29) is 0 Å². The van der Waals surface area contributed by atoms with Gasteiger partial charge in [0.1, 0.15) is 5.75 Å². The molecule has 33 heavy (non-hydrogen) atoms. The van der Waals surface area contributed by atoms with Gasteiger partial charge in [-0.25, -0.2) is 0 Å². The van der Waals surface area contributed by atoms with E-state index in [9.17, 15) is 0 Å². The van der Waals surface area contributed by atoms with Crippen LogP contribution in [0.3, 0.4) is 0 Å². The standard InChI is InChI=1S/C30H40N2O/c1-8-23-16-13-17-24(9-2)30(23)27-19-29(33-7)26(22(5)31-27)20-32(6)28(18-21(3)4)25-14-11-10-12-15-25/h10-17,19,21,28H,8-9,18,20H2,1-7H3. The van der Waals surface area contributed by atoms with E-state index in [1.807, 2.05) is 0 Å². The van der Waals surface area contributed by atoms with E-state index in [0.717, 1.165) is 42.9 Å². The smallest absolute Gasteiger partial charge is 0.127 e. The van der Waals surface area contributed by atoms with E-state index in [2.05, 4.69) is 101 Å². The average Bonchev–Trinajstić information content (AvgIpc) is 2.83. The van der Waals surface area contributed by atoms with Crippen molar-refractivity contribution >= 4 is 0 Å². The number of benzene rings is 2. The molecule has 0 bridgehead atoms. The second-order valence-electron chi connectivity index (χ2n) is 9.40. The zero-order valence-electron chi connectivity index (χ0n) is 21.5. The van der Waals surface area contributed by atoms with Crippen LogP contribution in [-0.2, 0) is 19.4 Å². The minimum Gasteiger partial charge on any atom is -0.496 e. The summed E-state index contributed by atoms with van der Waals surface area (Å²) in [4.78, 5) is 7.55. The first kappa shape index (κ1) is 25.0. The first-order chi connectivity index (χ1) is 15.9. The van der Waals surface area contributed by atoms with Gasteiger partial charge in [0.15, 0.2) is 0 Å². The van der Waals surface area contributed by atoms with Gasteiger partial charge in [-0.3, -0.25) is 9.88 Å². The lowest BCUT2D eigenvalue weighted by molar-refractivity contribution is 0.204. The summed E-state index contributed by atoms with van der Waals surface area (Å²) < 4.78 is 5.94. The molecule has 3 nitrogen and oxygen atoms in total. The van der Waals surface area contributed by atoms with E-state index < -0.39 is 0 Å². The van der Waals surface area contributed by atoms with Crippen LogP contribution in [0.5, 0.6) is 5.75 Å². The quantitative estimate of drug-likeness (QED) is 0.325. The molecule has 0 aliphatic rings. The highest BCUT2D eigenvalue weighted by Crippen LogP contribution is 2.35. The molecule has 3 aromatic rings. The Balaban J connectivity index is 2.00. The minimum absolute atomic E-state index is 0.350. The van der Waals surface area contributed by atoms with Gasteiger partial charge in [-0.15, -0.1) is 0 Å². The monoisotopic (exact) mass is 444 g/mol. The molecule has 0 fully saturated rings. The molecule has 1 atom stereocenters. The fourth-order valence-electron chi connectivity index (χ4n) is 4.80. The zero-order chi connectivity index (χ0) is 24.0. The molecule has 0 saturated carbocycles. The molecule has 176 valence electrons. The number of aromatic nitrogens is 1. The van der Waals surface area contributed by atoms with Crippen LogP contribution in [0.15, 0.2) is 54.6 Å². The van der Waals surface area contributed by atoms with E-state index in [1.54, 1.807) is 7.11 Å². The molecule has 0 radical (unpaired) electrons. The lowest BCUT2D eigenvalue weighted by atomic mass is 9.93. The zero-order valence-corrected chi connectivity index (χ0v) is 21.5. The Bertz CT molecular complexity index is 1020. The first-order valence-electron chi connectivity index (χ1n) is 12.3. The molecule has 3 heteroatoms. The summed E-state index contributed by atoms with van der Waals surface area (Å²) in [6, 6.07) is 19.9. The van der Waals surface area contributed by atoms with E-state index in [1.165, 1.54) is 27.8 Å². The normalized spacial score (nSPS) is 12.4. The first-order valence-corrected chi connectivity index (χ1v) is 12.3.